The maximum atomic E-state index is 12.5. The van der Waals surface area contributed by atoms with Gasteiger partial charge in [-0.1, -0.05) is 24.3 Å². The second-order valence-corrected chi connectivity index (χ2v) is 5.73. The number of carbonyl (C=O) groups is 1. The first kappa shape index (κ1) is 17.0. The average Bonchev–Trinajstić information content (AvgIpc) is 2.61. The van der Waals surface area contributed by atoms with Crippen molar-refractivity contribution in [1.82, 2.24) is 0 Å². The summed E-state index contributed by atoms with van der Waals surface area (Å²) in [5.74, 6) is -0.517. The van der Waals surface area contributed by atoms with Crippen molar-refractivity contribution >= 4 is 39.8 Å². The zero-order chi connectivity index (χ0) is 18.7. The number of guanidine groups is 1. The molecule has 0 atom stereocenters. The van der Waals surface area contributed by atoms with Crippen molar-refractivity contribution in [2.24, 2.45) is 11.5 Å². The molecule has 1 amide bonds. The smallest absolute Gasteiger partial charge is 0.255 e. The molecule has 7 heteroatoms. The molecule has 3 aromatic rings. The topological polar surface area (TPSA) is 141 Å². The molecule has 3 rings (SSSR count). The van der Waals surface area contributed by atoms with Gasteiger partial charge in [-0.25, -0.2) is 0 Å². The Morgan fingerprint density at radius 1 is 0.846 bits per heavy atom. The van der Waals surface area contributed by atoms with Gasteiger partial charge in [0, 0.05) is 22.5 Å². The van der Waals surface area contributed by atoms with Gasteiger partial charge in [-0.15, -0.1) is 0 Å². The first-order valence-electron chi connectivity index (χ1n) is 7.83. The van der Waals surface area contributed by atoms with Crippen molar-refractivity contribution < 1.29 is 4.79 Å². The van der Waals surface area contributed by atoms with Gasteiger partial charge >= 0.3 is 0 Å². The fraction of sp³-hybridized carbons (Fsp3) is 0. The van der Waals surface area contributed by atoms with Gasteiger partial charge in [0.15, 0.2) is 5.96 Å². The molecule has 8 N–H and O–H groups in total. The van der Waals surface area contributed by atoms with Crippen LogP contribution in [0.25, 0.3) is 10.8 Å². The minimum Gasteiger partial charge on any atom is -0.384 e. The predicted octanol–water partition coefficient (Wildman–Crippen LogP) is 2.68. The Labute approximate surface area is 150 Å². The van der Waals surface area contributed by atoms with E-state index in [9.17, 15) is 4.79 Å². The van der Waals surface area contributed by atoms with E-state index in [4.69, 9.17) is 22.3 Å². The Hall–Kier alpha value is -3.87. The largest absolute Gasteiger partial charge is 0.384 e. The molecule has 7 nitrogen and oxygen atoms in total. The molecule has 0 bridgehead atoms. The quantitative estimate of drug-likeness (QED) is 0.319. The van der Waals surface area contributed by atoms with Crippen molar-refractivity contribution in [2.45, 2.75) is 0 Å². The van der Waals surface area contributed by atoms with Crippen molar-refractivity contribution in [3.63, 3.8) is 0 Å². The SMILES string of the molecule is N=C(N)Nc1ccc(C(=O)Nc2cc(C(=N)N)c3ccccc3c2)cc1. The van der Waals surface area contributed by atoms with Crippen molar-refractivity contribution in [3.8, 4) is 0 Å². The number of rotatable bonds is 4. The van der Waals surface area contributed by atoms with E-state index in [1.54, 1.807) is 30.3 Å². The van der Waals surface area contributed by atoms with E-state index in [1.165, 1.54) is 0 Å². The van der Waals surface area contributed by atoms with Crippen LogP contribution in [0.1, 0.15) is 15.9 Å². The lowest BCUT2D eigenvalue weighted by atomic mass is 10.0. The van der Waals surface area contributed by atoms with Gasteiger partial charge in [0.2, 0.25) is 0 Å². The highest BCUT2D eigenvalue weighted by Crippen LogP contribution is 2.24. The number of fused-ring (bicyclic) bond motifs is 1. The Morgan fingerprint density at radius 3 is 2.19 bits per heavy atom. The molecule has 0 unspecified atom stereocenters. The molecule has 0 saturated heterocycles. The zero-order valence-corrected chi connectivity index (χ0v) is 13.8. The number of nitrogens with one attached hydrogen (secondary N) is 4. The van der Waals surface area contributed by atoms with Gasteiger partial charge in [-0.3, -0.25) is 15.6 Å². The van der Waals surface area contributed by atoms with Crippen LogP contribution in [-0.2, 0) is 0 Å². The van der Waals surface area contributed by atoms with E-state index in [0.29, 0.717) is 22.5 Å². The van der Waals surface area contributed by atoms with E-state index < -0.39 is 0 Å². The van der Waals surface area contributed by atoms with Crippen LogP contribution in [0, 0.1) is 10.8 Å². The fourth-order valence-corrected chi connectivity index (χ4v) is 2.67. The average molecular weight is 346 g/mol. The number of amidine groups is 1. The van der Waals surface area contributed by atoms with Crippen LogP contribution in [-0.4, -0.2) is 17.7 Å². The molecule has 0 fully saturated rings. The Morgan fingerprint density at radius 2 is 1.54 bits per heavy atom. The molecule has 130 valence electrons. The second-order valence-electron chi connectivity index (χ2n) is 5.73. The van der Waals surface area contributed by atoms with Crippen LogP contribution < -0.4 is 22.1 Å². The molecule has 0 spiro atoms. The maximum Gasteiger partial charge on any atom is 0.255 e. The highest BCUT2D eigenvalue weighted by molar-refractivity contribution is 6.11. The maximum absolute atomic E-state index is 12.5. The number of amides is 1. The monoisotopic (exact) mass is 346 g/mol. The summed E-state index contributed by atoms with van der Waals surface area (Å²) in [6.07, 6.45) is 0. The van der Waals surface area contributed by atoms with Crippen LogP contribution in [0.15, 0.2) is 60.7 Å². The fourth-order valence-electron chi connectivity index (χ4n) is 2.67. The Bertz CT molecular complexity index is 1010. The number of nitrogens with two attached hydrogens (primary N) is 2. The first-order chi connectivity index (χ1) is 12.4. The minimum atomic E-state index is -0.288. The summed E-state index contributed by atoms with van der Waals surface area (Å²) in [6.45, 7) is 0. The van der Waals surface area contributed by atoms with Gasteiger partial charge in [-0.2, -0.15) is 0 Å². The standard InChI is InChI=1S/C19H18N6O/c20-17(21)16-10-14(9-12-3-1-2-4-15(12)16)24-18(26)11-5-7-13(8-6-11)25-19(22)23/h1-10H,(H3,20,21)(H,24,26)(H4,22,23,25). The first-order valence-corrected chi connectivity index (χ1v) is 7.83. The summed E-state index contributed by atoms with van der Waals surface area (Å²) >= 11 is 0. The lowest BCUT2D eigenvalue weighted by Gasteiger charge is -2.11. The molecule has 0 aliphatic heterocycles. The summed E-state index contributed by atoms with van der Waals surface area (Å²) in [6, 6.07) is 17.7. The molecule has 0 saturated carbocycles. The lowest BCUT2D eigenvalue weighted by molar-refractivity contribution is 0.102. The second kappa shape index (κ2) is 6.94. The minimum absolute atomic E-state index is 0.0584. The molecule has 26 heavy (non-hydrogen) atoms. The molecule has 0 aliphatic carbocycles. The van der Waals surface area contributed by atoms with E-state index in [-0.39, 0.29) is 17.7 Å². The third-order valence-electron chi connectivity index (χ3n) is 3.84. The van der Waals surface area contributed by atoms with Crippen molar-refractivity contribution in [1.29, 1.82) is 10.8 Å². The number of benzene rings is 3. The van der Waals surface area contributed by atoms with Crippen molar-refractivity contribution in [3.05, 3.63) is 71.8 Å². The lowest BCUT2D eigenvalue weighted by Crippen LogP contribution is -2.20. The summed E-state index contributed by atoms with van der Waals surface area (Å²) in [5.41, 5.74) is 13.2. The van der Waals surface area contributed by atoms with Gasteiger partial charge < -0.3 is 22.1 Å². The highest BCUT2D eigenvalue weighted by atomic mass is 16.1. The van der Waals surface area contributed by atoms with E-state index in [1.807, 2.05) is 30.3 Å². The van der Waals surface area contributed by atoms with Gasteiger partial charge in [0.25, 0.3) is 5.91 Å². The molecule has 0 radical (unpaired) electrons. The van der Waals surface area contributed by atoms with Crippen LogP contribution in [0.3, 0.4) is 0 Å². The van der Waals surface area contributed by atoms with Gasteiger partial charge in [-0.05, 0) is 47.2 Å². The number of anilines is 2. The van der Waals surface area contributed by atoms with Crippen LogP contribution in [0.4, 0.5) is 11.4 Å². The number of hydrogen-bond donors (Lipinski definition) is 6. The number of hydrogen-bond acceptors (Lipinski definition) is 3. The summed E-state index contributed by atoms with van der Waals surface area (Å²) in [7, 11) is 0. The Kier molecular flexibility index (Phi) is 4.53. The molecular weight excluding hydrogens is 328 g/mol. The highest BCUT2D eigenvalue weighted by Gasteiger charge is 2.10. The summed E-state index contributed by atoms with van der Waals surface area (Å²) in [5, 5.41) is 22.2. The van der Waals surface area contributed by atoms with Gasteiger partial charge in [0.1, 0.15) is 5.84 Å². The molecule has 0 heterocycles. The van der Waals surface area contributed by atoms with Crippen molar-refractivity contribution in [2.75, 3.05) is 10.6 Å². The molecule has 3 aromatic carbocycles. The number of nitrogen functional groups attached to an aromatic ring is 1. The van der Waals surface area contributed by atoms with Crippen LogP contribution >= 0.6 is 0 Å². The number of carbonyl (C=O) groups excluding carboxylic acids is 1. The van der Waals surface area contributed by atoms with E-state index in [2.05, 4.69) is 10.6 Å². The van der Waals surface area contributed by atoms with Crippen LogP contribution in [0.2, 0.25) is 0 Å². The zero-order valence-electron chi connectivity index (χ0n) is 13.8. The van der Waals surface area contributed by atoms with E-state index >= 15 is 0 Å². The summed E-state index contributed by atoms with van der Waals surface area (Å²) < 4.78 is 0. The molecule has 0 aromatic heterocycles. The molecule has 0 aliphatic rings. The summed E-state index contributed by atoms with van der Waals surface area (Å²) in [4.78, 5) is 12.5. The predicted molar refractivity (Wildman–Crippen MR) is 105 cm³/mol. The Balaban J connectivity index is 1.87. The third-order valence-corrected chi connectivity index (χ3v) is 3.84. The third kappa shape index (κ3) is 3.62. The molecular formula is C19H18N6O. The van der Waals surface area contributed by atoms with E-state index in [0.717, 1.165) is 10.8 Å². The normalized spacial score (nSPS) is 10.3. The van der Waals surface area contributed by atoms with Gasteiger partial charge in [0.05, 0.1) is 0 Å². The van der Waals surface area contributed by atoms with Crippen LogP contribution in [0.5, 0.6) is 0 Å².